The fourth-order valence-corrected chi connectivity index (χ4v) is 4.18. The zero-order valence-electron chi connectivity index (χ0n) is 15.2. The van der Waals surface area contributed by atoms with Crippen LogP contribution in [0.1, 0.15) is 37.7 Å². The number of benzene rings is 1. The van der Waals surface area contributed by atoms with Crippen LogP contribution in [0.4, 0.5) is 0 Å². The minimum atomic E-state index is -0.161. The van der Waals surface area contributed by atoms with Gasteiger partial charge in [-0.15, -0.1) is 0 Å². The number of rotatable bonds is 4. The number of allylic oxidation sites excluding steroid dienone is 6. The number of aliphatic imine (C=N–C) groups is 1. The van der Waals surface area contributed by atoms with E-state index in [0.717, 1.165) is 42.9 Å². The van der Waals surface area contributed by atoms with Crippen LogP contribution in [0.2, 0.25) is 0 Å². The highest BCUT2D eigenvalue weighted by molar-refractivity contribution is 6.13. The lowest BCUT2D eigenvalue weighted by Crippen LogP contribution is -2.34. The molecular weight excluding hydrogens is 320 g/mol. The number of hydrogen-bond donors (Lipinski definition) is 0. The summed E-state index contributed by atoms with van der Waals surface area (Å²) in [5.41, 5.74) is 4.22. The van der Waals surface area contributed by atoms with Crippen LogP contribution in [-0.2, 0) is 4.79 Å². The highest BCUT2D eigenvalue weighted by Gasteiger charge is 2.30. The Labute approximate surface area is 155 Å². The molecule has 3 aliphatic rings. The van der Waals surface area contributed by atoms with E-state index in [4.69, 9.17) is 0 Å². The van der Waals surface area contributed by atoms with E-state index in [-0.39, 0.29) is 5.41 Å². The van der Waals surface area contributed by atoms with Crippen LogP contribution in [0.25, 0.3) is 0 Å². The molecular formula is C23H24N2O. The molecule has 1 aromatic rings. The maximum atomic E-state index is 11.7. The molecule has 0 N–H and O–H groups in total. The maximum Gasteiger partial charge on any atom is 0.145 e. The molecule has 1 saturated heterocycles. The molecule has 132 valence electrons. The second-order valence-corrected chi connectivity index (χ2v) is 7.67. The normalized spacial score (nSPS) is 24.7. The maximum absolute atomic E-state index is 11.7. The Morgan fingerprint density at radius 2 is 2.00 bits per heavy atom. The SMILES string of the molecule is CC1(CC(=C=O)N2CCC(c3ccccc3)CC2)C=CC2=NC=CC2=C1. The van der Waals surface area contributed by atoms with Gasteiger partial charge < -0.3 is 4.90 Å². The Kier molecular flexibility index (Phi) is 4.48. The number of carbonyl (C=O) groups excluding carboxylic acids is 1. The van der Waals surface area contributed by atoms with Gasteiger partial charge in [0, 0.05) is 31.1 Å². The summed E-state index contributed by atoms with van der Waals surface area (Å²) in [4.78, 5) is 18.3. The summed E-state index contributed by atoms with van der Waals surface area (Å²) in [5.74, 6) is 2.83. The average molecular weight is 344 g/mol. The van der Waals surface area contributed by atoms with Gasteiger partial charge in [0.1, 0.15) is 5.94 Å². The summed E-state index contributed by atoms with van der Waals surface area (Å²) >= 11 is 0. The highest BCUT2D eigenvalue weighted by atomic mass is 16.1. The number of hydrogen-bond acceptors (Lipinski definition) is 3. The molecule has 0 amide bonds. The first kappa shape index (κ1) is 16.8. The molecule has 2 aliphatic heterocycles. The Balaban J connectivity index is 1.42. The van der Waals surface area contributed by atoms with Crippen LogP contribution in [0.15, 0.2) is 77.1 Å². The summed E-state index contributed by atoms with van der Waals surface area (Å²) in [7, 11) is 0. The van der Waals surface area contributed by atoms with Crippen molar-refractivity contribution < 1.29 is 4.79 Å². The first-order valence-electron chi connectivity index (χ1n) is 9.37. The molecule has 0 bridgehead atoms. The molecule has 2 heterocycles. The van der Waals surface area contributed by atoms with Gasteiger partial charge in [0.05, 0.1) is 11.4 Å². The monoisotopic (exact) mass is 344 g/mol. The number of likely N-dealkylation sites (tertiary alicyclic amines) is 1. The predicted molar refractivity (Wildman–Crippen MR) is 106 cm³/mol. The molecule has 3 nitrogen and oxygen atoms in total. The Hall–Kier alpha value is -2.64. The zero-order valence-corrected chi connectivity index (χ0v) is 15.2. The van der Waals surface area contributed by atoms with Gasteiger partial charge in [-0.3, -0.25) is 4.99 Å². The topological polar surface area (TPSA) is 32.7 Å². The molecule has 3 heteroatoms. The smallest absolute Gasteiger partial charge is 0.145 e. The van der Waals surface area contributed by atoms with Crippen molar-refractivity contribution in [3.63, 3.8) is 0 Å². The van der Waals surface area contributed by atoms with Crippen molar-refractivity contribution in [2.75, 3.05) is 13.1 Å². The zero-order chi connectivity index (χ0) is 18.0. The summed E-state index contributed by atoms with van der Waals surface area (Å²) < 4.78 is 0. The quantitative estimate of drug-likeness (QED) is 0.756. The summed E-state index contributed by atoms with van der Waals surface area (Å²) in [6.45, 7) is 4.02. The van der Waals surface area contributed by atoms with Gasteiger partial charge in [-0.05, 0) is 42.0 Å². The summed E-state index contributed by atoms with van der Waals surface area (Å²) in [5, 5.41) is 0. The molecule has 0 saturated carbocycles. The van der Waals surface area contributed by atoms with E-state index in [9.17, 15) is 4.79 Å². The van der Waals surface area contributed by atoms with Crippen molar-refractivity contribution in [1.82, 2.24) is 4.90 Å². The number of nitrogens with zero attached hydrogens (tertiary/aromatic N) is 2. The Morgan fingerprint density at radius 1 is 1.23 bits per heavy atom. The van der Waals surface area contributed by atoms with Crippen molar-refractivity contribution >= 4 is 11.7 Å². The fraction of sp³-hybridized carbons (Fsp3) is 0.348. The van der Waals surface area contributed by atoms with Gasteiger partial charge in [-0.25, -0.2) is 4.79 Å². The third kappa shape index (κ3) is 3.36. The standard InChI is InChI=1S/C23H24N2O/c1-23(11-7-22-20(15-23)8-12-24-22)16-21(17-26)25-13-9-19(10-14-25)18-5-3-2-4-6-18/h2-8,11-12,15,19H,9-10,13-14,16H2,1H3. The van der Waals surface area contributed by atoms with Crippen LogP contribution in [0.3, 0.4) is 0 Å². The first-order chi connectivity index (χ1) is 12.7. The second kappa shape index (κ2) is 6.93. The van der Waals surface area contributed by atoms with Gasteiger partial charge in [0.25, 0.3) is 0 Å². The molecule has 1 aliphatic carbocycles. The molecule has 0 aromatic heterocycles. The molecule has 1 unspecified atom stereocenters. The molecule has 0 spiro atoms. The Bertz CT molecular complexity index is 847. The van der Waals surface area contributed by atoms with Crippen molar-refractivity contribution in [3.8, 4) is 0 Å². The van der Waals surface area contributed by atoms with Gasteiger partial charge in [-0.1, -0.05) is 49.4 Å². The molecule has 1 fully saturated rings. The van der Waals surface area contributed by atoms with Gasteiger partial charge in [0.2, 0.25) is 0 Å². The Morgan fingerprint density at radius 3 is 2.73 bits per heavy atom. The minimum Gasteiger partial charge on any atom is -0.366 e. The number of piperidine rings is 1. The van der Waals surface area contributed by atoms with Gasteiger partial charge >= 0.3 is 0 Å². The molecule has 1 aromatic carbocycles. The van der Waals surface area contributed by atoms with E-state index in [0.29, 0.717) is 12.3 Å². The molecule has 0 radical (unpaired) electrons. The van der Waals surface area contributed by atoms with Crippen LogP contribution in [-0.4, -0.2) is 29.6 Å². The summed E-state index contributed by atoms with van der Waals surface area (Å²) in [6, 6.07) is 10.7. The largest absolute Gasteiger partial charge is 0.366 e. The lowest BCUT2D eigenvalue weighted by molar-refractivity contribution is 0.247. The molecule has 1 atom stereocenters. The fourth-order valence-electron chi connectivity index (χ4n) is 4.18. The lowest BCUT2D eigenvalue weighted by Gasteiger charge is -2.36. The van der Waals surface area contributed by atoms with E-state index >= 15 is 0 Å². The van der Waals surface area contributed by atoms with Crippen LogP contribution in [0, 0.1) is 5.41 Å². The van der Waals surface area contributed by atoms with Crippen LogP contribution < -0.4 is 0 Å². The predicted octanol–water partition coefficient (Wildman–Crippen LogP) is 4.44. The average Bonchev–Trinajstić information content (AvgIpc) is 3.14. The van der Waals surface area contributed by atoms with E-state index in [1.165, 1.54) is 5.56 Å². The third-order valence-electron chi connectivity index (χ3n) is 5.68. The second-order valence-electron chi connectivity index (χ2n) is 7.67. The van der Waals surface area contributed by atoms with Crippen LogP contribution >= 0.6 is 0 Å². The highest BCUT2D eigenvalue weighted by Crippen LogP contribution is 2.37. The third-order valence-corrected chi connectivity index (χ3v) is 5.68. The van der Waals surface area contributed by atoms with Crippen LogP contribution in [0.5, 0.6) is 0 Å². The van der Waals surface area contributed by atoms with E-state index in [2.05, 4.69) is 71.3 Å². The number of fused-ring (bicyclic) bond motifs is 1. The molecule has 4 rings (SSSR count). The first-order valence-corrected chi connectivity index (χ1v) is 9.37. The van der Waals surface area contributed by atoms with E-state index < -0.39 is 0 Å². The summed E-state index contributed by atoms with van der Waals surface area (Å²) in [6.07, 6.45) is 13.2. The van der Waals surface area contributed by atoms with E-state index in [1.807, 2.05) is 12.3 Å². The van der Waals surface area contributed by atoms with Gasteiger partial charge in [0.15, 0.2) is 0 Å². The molecule has 26 heavy (non-hydrogen) atoms. The minimum absolute atomic E-state index is 0.161. The van der Waals surface area contributed by atoms with Crippen molar-refractivity contribution in [2.24, 2.45) is 10.4 Å². The van der Waals surface area contributed by atoms with Crippen molar-refractivity contribution in [3.05, 3.63) is 77.7 Å². The van der Waals surface area contributed by atoms with Crippen molar-refractivity contribution in [2.45, 2.75) is 32.1 Å². The lowest BCUT2D eigenvalue weighted by atomic mass is 9.79. The van der Waals surface area contributed by atoms with Gasteiger partial charge in [-0.2, -0.15) is 0 Å². The van der Waals surface area contributed by atoms with E-state index in [1.54, 1.807) is 0 Å². The van der Waals surface area contributed by atoms with Crippen molar-refractivity contribution in [1.29, 1.82) is 0 Å².